The number of carbonyl (C=O) groups is 4. The van der Waals surface area contributed by atoms with Crippen molar-refractivity contribution in [2.75, 3.05) is 29.1 Å². The van der Waals surface area contributed by atoms with Crippen molar-refractivity contribution in [3.05, 3.63) is 119 Å². The highest BCUT2D eigenvalue weighted by Gasteiger charge is 2.45. The number of aliphatic imine (C=N–C) groups is 1. The van der Waals surface area contributed by atoms with E-state index in [1.54, 1.807) is 36.4 Å². The predicted octanol–water partition coefficient (Wildman–Crippen LogP) is 6.40. The lowest BCUT2D eigenvalue weighted by molar-refractivity contribution is -0.154. The van der Waals surface area contributed by atoms with Crippen molar-refractivity contribution in [2.45, 2.75) is 24.6 Å². The van der Waals surface area contributed by atoms with Crippen LogP contribution >= 0.6 is 11.6 Å². The first-order chi connectivity index (χ1) is 26.7. The molecular weight excluding hydrogens is 757 g/mol. The number of hydrogen-bond donors (Lipinski definition) is 5. The topological polar surface area (TPSA) is 197 Å². The Morgan fingerprint density at radius 3 is 2.04 bits per heavy atom. The maximum absolute atomic E-state index is 12.9. The van der Waals surface area contributed by atoms with E-state index in [4.69, 9.17) is 16.3 Å². The molecule has 0 aliphatic heterocycles. The molecule has 1 aliphatic carbocycles. The molecule has 0 radical (unpaired) electrons. The minimum atomic E-state index is -4.66. The Morgan fingerprint density at radius 2 is 1.41 bits per heavy atom. The molecule has 18 heteroatoms. The number of carboxylic acid groups (broad SMARTS) is 1. The molecule has 1 saturated carbocycles. The number of halogens is 4. The van der Waals surface area contributed by atoms with Crippen molar-refractivity contribution in [1.82, 2.24) is 20.3 Å². The lowest BCUT2D eigenvalue weighted by atomic mass is 10.1. The van der Waals surface area contributed by atoms with E-state index in [9.17, 15) is 37.5 Å². The lowest BCUT2D eigenvalue weighted by Gasteiger charge is -2.19. The summed E-state index contributed by atoms with van der Waals surface area (Å²) in [5, 5.41) is 20.7. The van der Waals surface area contributed by atoms with Gasteiger partial charge in [0.15, 0.2) is 6.61 Å². The Morgan fingerprint density at radius 1 is 0.786 bits per heavy atom. The Hall–Kier alpha value is -6.88. The maximum atomic E-state index is 12.9. The summed E-state index contributed by atoms with van der Waals surface area (Å²) in [6, 6.07) is 28.1. The fraction of sp³-hybridized carbons (Fsp3) is 0.158. The van der Waals surface area contributed by atoms with Gasteiger partial charge in [-0.2, -0.15) is 28.1 Å². The molecule has 0 bridgehead atoms. The van der Waals surface area contributed by atoms with Crippen molar-refractivity contribution in [2.24, 2.45) is 4.99 Å². The summed E-state index contributed by atoms with van der Waals surface area (Å²) < 4.78 is 43.6. The van der Waals surface area contributed by atoms with Crippen LogP contribution in [0.15, 0.2) is 108 Å². The van der Waals surface area contributed by atoms with E-state index >= 15 is 0 Å². The third-order valence-electron chi connectivity index (χ3n) is 8.22. The third kappa shape index (κ3) is 10.4. The van der Waals surface area contributed by atoms with E-state index in [0.29, 0.717) is 23.6 Å². The third-order valence-corrected chi connectivity index (χ3v) is 8.47. The van der Waals surface area contributed by atoms with E-state index in [-0.39, 0.29) is 23.1 Å². The zero-order chi connectivity index (χ0) is 39.9. The summed E-state index contributed by atoms with van der Waals surface area (Å²) in [5.74, 6) is -5.05. The van der Waals surface area contributed by atoms with Gasteiger partial charge in [-0.3, -0.25) is 14.4 Å². The van der Waals surface area contributed by atoms with Crippen LogP contribution in [0.3, 0.4) is 0 Å². The number of benzene rings is 4. The second kappa shape index (κ2) is 16.6. The van der Waals surface area contributed by atoms with Gasteiger partial charge in [-0.15, -0.1) is 0 Å². The number of aromatic nitrogens is 3. The SMILES string of the molecule is O=C(O)C(CNC(=O)C(=O)Nc1ccc(-c2ccccc2)cc1)=NC(=O)c1ccc(Nc2nc(NC3(c4ccc(Cl)cc4)CC3)nc(OCC(F)(F)F)n2)cc1. The van der Waals surface area contributed by atoms with Gasteiger partial charge in [0.1, 0.15) is 5.71 Å². The molecule has 3 amide bonds. The highest BCUT2D eigenvalue weighted by atomic mass is 35.5. The highest BCUT2D eigenvalue weighted by molar-refractivity contribution is 6.42. The fourth-order valence-electron chi connectivity index (χ4n) is 5.26. The molecule has 4 aromatic carbocycles. The van der Waals surface area contributed by atoms with Crippen LogP contribution in [0, 0.1) is 0 Å². The summed E-state index contributed by atoms with van der Waals surface area (Å²) in [7, 11) is 0. The number of ether oxygens (including phenoxy) is 1. The van der Waals surface area contributed by atoms with Crippen LogP contribution in [-0.2, 0) is 19.9 Å². The molecular formula is C38H30ClF3N8O6. The second-order valence-electron chi connectivity index (χ2n) is 12.3. The highest BCUT2D eigenvalue weighted by Crippen LogP contribution is 2.48. The quantitative estimate of drug-likeness (QED) is 0.0654. The normalized spacial score (nSPS) is 13.2. The first-order valence-electron chi connectivity index (χ1n) is 16.7. The number of nitrogens with zero attached hydrogens (tertiary/aromatic N) is 4. The second-order valence-corrected chi connectivity index (χ2v) is 12.8. The summed E-state index contributed by atoms with van der Waals surface area (Å²) in [4.78, 5) is 65.4. The monoisotopic (exact) mass is 786 g/mol. The van der Waals surface area contributed by atoms with Crippen LogP contribution in [0.1, 0.15) is 28.8 Å². The van der Waals surface area contributed by atoms with E-state index in [1.807, 2.05) is 42.5 Å². The van der Waals surface area contributed by atoms with E-state index in [1.165, 1.54) is 24.3 Å². The van der Waals surface area contributed by atoms with E-state index < -0.39 is 60.3 Å². The van der Waals surface area contributed by atoms with E-state index in [2.05, 4.69) is 41.2 Å². The molecule has 0 atom stereocenters. The molecule has 286 valence electrons. The van der Waals surface area contributed by atoms with Crippen LogP contribution in [0.4, 0.5) is 36.4 Å². The molecule has 1 fully saturated rings. The predicted molar refractivity (Wildman–Crippen MR) is 200 cm³/mol. The molecule has 0 spiro atoms. The number of amides is 3. The fourth-order valence-corrected chi connectivity index (χ4v) is 5.38. The smallest absolute Gasteiger partial charge is 0.422 e. The molecule has 1 aromatic heterocycles. The van der Waals surface area contributed by atoms with Crippen molar-refractivity contribution in [3.63, 3.8) is 0 Å². The van der Waals surface area contributed by atoms with Gasteiger partial charge in [-0.25, -0.2) is 9.79 Å². The number of rotatable bonds is 13. The summed E-state index contributed by atoms with van der Waals surface area (Å²) in [6.07, 6.45) is -3.28. The lowest BCUT2D eigenvalue weighted by Crippen LogP contribution is -2.40. The molecule has 14 nitrogen and oxygen atoms in total. The molecule has 1 aliphatic rings. The molecule has 1 heterocycles. The molecule has 56 heavy (non-hydrogen) atoms. The number of nitrogens with one attached hydrogen (secondary N) is 4. The number of alkyl halides is 3. The van der Waals surface area contributed by atoms with Gasteiger partial charge in [-0.1, -0.05) is 66.2 Å². The number of carbonyl (C=O) groups excluding carboxylic acids is 3. The van der Waals surface area contributed by atoms with Crippen molar-refractivity contribution < 1.29 is 42.2 Å². The number of carboxylic acids is 1. The molecule has 5 N–H and O–H groups in total. The first-order valence-corrected chi connectivity index (χ1v) is 17.1. The largest absolute Gasteiger partial charge is 0.477 e. The standard InChI is InChI=1S/C38H30ClF3N8O6/c39-26-12-10-25(11-13-26)37(18-19-37)50-35-47-34(48-36(49-35)56-21-38(40,41)42)45-28-16-8-24(9-17-28)30(51)46-29(33(54)55)20-43-31(52)32(53)44-27-14-6-23(7-15-27)22-4-2-1-3-5-22/h1-17H,18-21H2,(H,43,52)(H,44,53)(H,54,55)(H2,45,47,48,49,50). The molecule has 0 unspecified atom stereocenters. The van der Waals surface area contributed by atoms with E-state index in [0.717, 1.165) is 16.7 Å². The van der Waals surface area contributed by atoms with Crippen LogP contribution in [0.2, 0.25) is 5.02 Å². The van der Waals surface area contributed by atoms with Crippen molar-refractivity contribution in [1.29, 1.82) is 0 Å². The Balaban J connectivity index is 1.08. The average molecular weight is 787 g/mol. The summed E-state index contributed by atoms with van der Waals surface area (Å²) >= 11 is 6.02. The minimum absolute atomic E-state index is 0.0526. The molecule has 0 saturated heterocycles. The van der Waals surface area contributed by atoms with Crippen molar-refractivity contribution >= 4 is 64.3 Å². The number of hydrogen-bond acceptors (Lipinski definition) is 10. The van der Waals surface area contributed by atoms with Gasteiger partial charge in [0.05, 0.1) is 12.1 Å². The summed E-state index contributed by atoms with van der Waals surface area (Å²) in [5.41, 5.74) is 1.96. The Labute approximate surface area is 321 Å². The van der Waals surface area contributed by atoms with Crippen LogP contribution < -0.4 is 26.0 Å². The van der Waals surface area contributed by atoms with Gasteiger partial charge in [0, 0.05) is 22.0 Å². The zero-order valence-electron chi connectivity index (χ0n) is 28.9. The number of aliphatic carboxylic acids is 1. The Bertz CT molecular complexity index is 2270. The van der Waals surface area contributed by atoms with Gasteiger partial charge in [0.25, 0.3) is 5.91 Å². The van der Waals surface area contributed by atoms with Crippen LogP contribution in [0.25, 0.3) is 11.1 Å². The Kier molecular flexibility index (Phi) is 11.5. The first kappa shape index (κ1) is 38.8. The van der Waals surface area contributed by atoms with Gasteiger partial charge in [0.2, 0.25) is 11.9 Å². The minimum Gasteiger partial charge on any atom is -0.477 e. The molecule has 6 rings (SSSR count). The zero-order valence-corrected chi connectivity index (χ0v) is 29.7. The number of anilines is 4. The van der Waals surface area contributed by atoms with Crippen LogP contribution in [0.5, 0.6) is 6.01 Å². The van der Waals surface area contributed by atoms with Gasteiger partial charge in [-0.05, 0) is 78.1 Å². The van der Waals surface area contributed by atoms with Gasteiger partial charge >= 0.3 is 30.0 Å². The molecule has 5 aromatic rings. The van der Waals surface area contributed by atoms with Crippen LogP contribution in [-0.4, -0.2) is 68.8 Å². The van der Waals surface area contributed by atoms with Crippen molar-refractivity contribution in [3.8, 4) is 17.1 Å². The maximum Gasteiger partial charge on any atom is 0.422 e. The van der Waals surface area contributed by atoms with Gasteiger partial charge < -0.3 is 31.1 Å². The summed E-state index contributed by atoms with van der Waals surface area (Å²) in [6.45, 7) is -2.39. The average Bonchev–Trinajstić information content (AvgIpc) is 3.96.